The van der Waals surface area contributed by atoms with Crippen LogP contribution in [0.5, 0.6) is 11.5 Å². The van der Waals surface area contributed by atoms with Crippen LogP contribution in [0.15, 0.2) is 23.2 Å². The lowest BCUT2D eigenvalue weighted by molar-refractivity contribution is 0.265. The minimum atomic E-state index is 0. The average Bonchev–Trinajstić information content (AvgIpc) is 2.84. The number of likely N-dealkylation sites (tertiary alicyclic amines) is 1. The predicted octanol–water partition coefficient (Wildman–Crippen LogP) is 2.86. The lowest BCUT2D eigenvalue weighted by atomic mass is 10.1. The molecular weight excluding hydrogens is 455 g/mol. The molecule has 0 radical (unpaired) electrons. The van der Waals surface area contributed by atoms with Gasteiger partial charge in [0.1, 0.15) is 0 Å². The fraction of sp³-hybridized carbons (Fsp3) is 0.650. The molecule has 0 amide bonds. The van der Waals surface area contributed by atoms with E-state index < -0.39 is 0 Å². The largest absolute Gasteiger partial charge is 0.490 e. The number of nitrogens with one attached hydrogen (secondary N) is 2. The molecule has 2 heterocycles. The van der Waals surface area contributed by atoms with Crippen LogP contribution in [0.4, 0.5) is 0 Å². The van der Waals surface area contributed by atoms with E-state index in [0.29, 0.717) is 37.8 Å². The van der Waals surface area contributed by atoms with Crippen LogP contribution in [-0.4, -0.2) is 56.3 Å². The summed E-state index contributed by atoms with van der Waals surface area (Å²) in [4.78, 5) is 6.92. The van der Waals surface area contributed by atoms with E-state index in [2.05, 4.69) is 47.4 Å². The Morgan fingerprint density at radius 1 is 1.26 bits per heavy atom. The SMILES string of the molecule is CN=C(NCc1cccc2c1OCCCO2)NC1CN(C(C)C)CC1C.I. The van der Waals surface area contributed by atoms with E-state index in [1.54, 1.807) is 0 Å². The summed E-state index contributed by atoms with van der Waals surface area (Å²) < 4.78 is 11.7. The lowest BCUT2D eigenvalue weighted by Gasteiger charge is -2.22. The highest BCUT2D eigenvalue weighted by Gasteiger charge is 2.31. The molecule has 27 heavy (non-hydrogen) atoms. The Morgan fingerprint density at radius 3 is 2.74 bits per heavy atom. The topological polar surface area (TPSA) is 58.1 Å². The van der Waals surface area contributed by atoms with Crippen LogP contribution in [0, 0.1) is 5.92 Å². The number of aliphatic imine (C=N–C) groups is 1. The van der Waals surface area contributed by atoms with E-state index in [9.17, 15) is 0 Å². The molecule has 0 spiro atoms. The first-order chi connectivity index (χ1) is 12.6. The Hall–Kier alpha value is -1.22. The predicted molar refractivity (Wildman–Crippen MR) is 120 cm³/mol. The number of halogens is 1. The zero-order valence-corrected chi connectivity index (χ0v) is 19.2. The number of nitrogens with zero attached hydrogens (tertiary/aromatic N) is 2. The molecule has 1 saturated heterocycles. The van der Waals surface area contributed by atoms with Crippen LogP contribution in [0.25, 0.3) is 0 Å². The second-order valence-electron chi connectivity index (χ2n) is 7.50. The molecule has 0 bridgehead atoms. The van der Waals surface area contributed by atoms with Crippen molar-refractivity contribution in [2.45, 2.75) is 45.8 Å². The molecule has 2 aliphatic rings. The van der Waals surface area contributed by atoms with E-state index in [-0.39, 0.29) is 24.0 Å². The molecule has 3 rings (SSSR count). The summed E-state index contributed by atoms with van der Waals surface area (Å²) in [6.45, 7) is 11.1. The number of fused-ring (bicyclic) bond motifs is 1. The normalized spacial score (nSPS) is 22.9. The molecule has 1 aromatic carbocycles. The maximum Gasteiger partial charge on any atom is 0.191 e. The van der Waals surface area contributed by atoms with E-state index in [0.717, 1.165) is 42.5 Å². The number of hydrogen-bond acceptors (Lipinski definition) is 4. The molecule has 152 valence electrons. The van der Waals surface area contributed by atoms with Crippen molar-refractivity contribution in [3.05, 3.63) is 23.8 Å². The number of para-hydroxylation sites is 1. The third-order valence-corrected chi connectivity index (χ3v) is 5.22. The summed E-state index contributed by atoms with van der Waals surface area (Å²) in [5.41, 5.74) is 1.09. The first kappa shape index (κ1) is 22.1. The Labute approximate surface area is 180 Å². The molecule has 2 atom stereocenters. The monoisotopic (exact) mass is 488 g/mol. The van der Waals surface area contributed by atoms with Gasteiger partial charge in [-0.3, -0.25) is 9.89 Å². The average molecular weight is 488 g/mol. The Bertz CT molecular complexity index is 638. The molecule has 0 aromatic heterocycles. The van der Waals surface area contributed by atoms with Gasteiger partial charge in [-0.1, -0.05) is 19.1 Å². The van der Waals surface area contributed by atoms with E-state index >= 15 is 0 Å². The van der Waals surface area contributed by atoms with Crippen LogP contribution in [0.1, 0.15) is 32.8 Å². The summed E-state index contributed by atoms with van der Waals surface area (Å²) in [6.07, 6.45) is 0.913. The number of guanidine groups is 1. The highest BCUT2D eigenvalue weighted by Crippen LogP contribution is 2.33. The summed E-state index contributed by atoms with van der Waals surface area (Å²) in [6, 6.07) is 7.05. The van der Waals surface area contributed by atoms with Crippen molar-refractivity contribution in [1.29, 1.82) is 0 Å². The quantitative estimate of drug-likeness (QED) is 0.388. The van der Waals surface area contributed by atoms with Gasteiger partial charge < -0.3 is 20.1 Å². The van der Waals surface area contributed by atoms with Crippen LogP contribution >= 0.6 is 24.0 Å². The lowest BCUT2D eigenvalue weighted by Crippen LogP contribution is -2.46. The van der Waals surface area contributed by atoms with Crippen molar-refractivity contribution >= 4 is 29.9 Å². The Kier molecular flexibility index (Phi) is 8.47. The zero-order chi connectivity index (χ0) is 18.5. The zero-order valence-electron chi connectivity index (χ0n) is 16.8. The second kappa shape index (κ2) is 10.4. The molecule has 6 nitrogen and oxygen atoms in total. The minimum Gasteiger partial charge on any atom is -0.490 e. The van der Waals surface area contributed by atoms with Gasteiger partial charge in [0.25, 0.3) is 0 Å². The van der Waals surface area contributed by atoms with Crippen LogP contribution in [-0.2, 0) is 6.54 Å². The summed E-state index contributed by atoms with van der Waals surface area (Å²) >= 11 is 0. The van der Waals surface area contributed by atoms with Crippen molar-refractivity contribution in [1.82, 2.24) is 15.5 Å². The molecule has 2 unspecified atom stereocenters. The number of benzene rings is 1. The fourth-order valence-corrected chi connectivity index (χ4v) is 3.56. The molecule has 7 heteroatoms. The second-order valence-corrected chi connectivity index (χ2v) is 7.50. The highest BCUT2D eigenvalue weighted by molar-refractivity contribution is 14.0. The van der Waals surface area contributed by atoms with Gasteiger partial charge >= 0.3 is 0 Å². The number of hydrogen-bond donors (Lipinski definition) is 2. The summed E-state index contributed by atoms with van der Waals surface area (Å²) in [5, 5.41) is 7.02. The van der Waals surface area contributed by atoms with Gasteiger partial charge in [-0.2, -0.15) is 0 Å². The third-order valence-electron chi connectivity index (χ3n) is 5.22. The van der Waals surface area contributed by atoms with Gasteiger partial charge in [0.05, 0.1) is 13.2 Å². The first-order valence-corrected chi connectivity index (χ1v) is 9.67. The van der Waals surface area contributed by atoms with Gasteiger partial charge in [0.15, 0.2) is 17.5 Å². The van der Waals surface area contributed by atoms with Crippen LogP contribution in [0.2, 0.25) is 0 Å². The molecule has 1 aromatic rings. The van der Waals surface area contributed by atoms with Crippen molar-refractivity contribution in [2.75, 3.05) is 33.4 Å². The van der Waals surface area contributed by atoms with Gasteiger partial charge in [0.2, 0.25) is 0 Å². The van der Waals surface area contributed by atoms with Gasteiger partial charge in [0, 0.05) is 50.7 Å². The fourth-order valence-electron chi connectivity index (χ4n) is 3.56. The first-order valence-electron chi connectivity index (χ1n) is 9.67. The van der Waals surface area contributed by atoms with Crippen LogP contribution < -0.4 is 20.1 Å². The Balaban J connectivity index is 0.00000261. The standard InChI is InChI=1S/C20H32N4O2.HI/c1-14(2)24-12-15(3)17(13-24)23-20(21-4)22-11-16-7-5-8-18-19(16)26-10-6-9-25-18;/h5,7-8,14-15,17H,6,9-13H2,1-4H3,(H2,21,22,23);1H. The van der Waals surface area contributed by atoms with E-state index in [4.69, 9.17) is 9.47 Å². The van der Waals surface area contributed by atoms with Crippen molar-refractivity contribution in [2.24, 2.45) is 10.9 Å². The molecule has 0 aliphatic carbocycles. The molecule has 1 fully saturated rings. The maximum absolute atomic E-state index is 5.90. The van der Waals surface area contributed by atoms with E-state index in [1.165, 1.54) is 0 Å². The molecular formula is C20H33IN4O2. The number of rotatable bonds is 4. The van der Waals surface area contributed by atoms with Gasteiger partial charge in [-0.15, -0.1) is 24.0 Å². The molecule has 2 aliphatic heterocycles. The molecule has 2 N–H and O–H groups in total. The number of ether oxygens (including phenoxy) is 2. The maximum atomic E-state index is 5.90. The minimum absolute atomic E-state index is 0. The van der Waals surface area contributed by atoms with Crippen molar-refractivity contribution in [3.63, 3.8) is 0 Å². The summed E-state index contributed by atoms with van der Waals surface area (Å²) in [5.74, 6) is 3.12. The molecule has 0 saturated carbocycles. The Morgan fingerprint density at radius 2 is 2.04 bits per heavy atom. The van der Waals surface area contributed by atoms with Crippen LogP contribution in [0.3, 0.4) is 0 Å². The third kappa shape index (κ3) is 5.63. The summed E-state index contributed by atoms with van der Waals surface area (Å²) in [7, 11) is 1.82. The highest BCUT2D eigenvalue weighted by atomic mass is 127. The van der Waals surface area contributed by atoms with Crippen molar-refractivity contribution < 1.29 is 9.47 Å². The smallest absolute Gasteiger partial charge is 0.191 e. The van der Waals surface area contributed by atoms with Gasteiger partial charge in [-0.25, -0.2) is 0 Å². The van der Waals surface area contributed by atoms with E-state index in [1.807, 2.05) is 19.2 Å². The van der Waals surface area contributed by atoms with Gasteiger partial charge in [-0.05, 0) is 25.8 Å². The van der Waals surface area contributed by atoms with Crippen molar-refractivity contribution in [3.8, 4) is 11.5 Å².